The molecular formula is C14H14N2O3. The molecule has 1 aromatic rings. The first-order valence-corrected chi connectivity index (χ1v) is 6.17. The van der Waals surface area contributed by atoms with E-state index in [1.807, 2.05) is 24.3 Å². The molecule has 19 heavy (non-hydrogen) atoms. The number of hydrogen-bond acceptors (Lipinski definition) is 3. The average molecular weight is 258 g/mol. The summed E-state index contributed by atoms with van der Waals surface area (Å²) in [4.78, 5) is 27.1. The van der Waals surface area contributed by atoms with Crippen LogP contribution in [0, 0.1) is 0 Å². The SMILES string of the molecule is CCN1C(=O)C2=Cc3ccccc3C(OC)N2C1=O. The van der Waals surface area contributed by atoms with Gasteiger partial charge >= 0.3 is 6.03 Å². The van der Waals surface area contributed by atoms with Gasteiger partial charge in [-0.2, -0.15) is 0 Å². The van der Waals surface area contributed by atoms with E-state index in [2.05, 4.69) is 0 Å². The zero-order chi connectivity index (χ0) is 13.6. The fraction of sp³-hybridized carbons (Fsp3) is 0.286. The summed E-state index contributed by atoms with van der Waals surface area (Å²) in [5.41, 5.74) is 2.20. The Morgan fingerprint density at radius 2 is 2.00 bits per heavy atom. The summed E-state index contributed by atoms with van der Waals surface area (Å²) in [6.07, 6.45) is 1.21. The van der Waals surface area contributed by atoms with E-state index in [-0.39, 0.29) is 11.9 Å². The Hall–Kier alpha value is -2.14. The monoisotopic (exact) mass is 258 g/mol. The first-order chi connectivity index (χ1) is 9.19. The van der Waals surface area contributed by atoms with E-state index < -0.39 is 6.23 Å². The van der Waals surface area contributed by atoms with Crippen LogP contribution in [0.25, 0.3) is 6.08 Å². The van der Waals surface area contributed by atoms with E-state index in [0.29, 0.717) is 12.2 Å². The van der Waals surface area contributed by atoms with Crippen LogP contribution in [-0.2, 0) is 9.53 Å². The van der Waals surface area contributed by atoms with Crippen molar-refractivity contribution in [2.45, 2.75) is 13.2 Å². The first-order valence-electron chi connectivity index (χ1n) is 6.17. The van der Waals surface area contributed by atoms with Gasteiger partial charge in [0.1, 0.15) is 5.70 Å². The molecule has 5 nitrogen and oxygen atoms in total. The van der Waals surface area contributed by atoms with E-state index in [1.165, 1.54) is 16.9 Å². The van der Waals surface area contributed by atoms with Crippen LogP contribution < -0.4 is 0 Å². The lowest BCUT2D eigenvalue weighted by molar-refractivity contribution is -0.123. The number of nitrogens with zero attached hydrogens (tertiary/aromatic N) is 2. The minimum Gasteiger partial charge on any atom is -0.357 e. The topological polar surface area (TPSA) is 49.9 Å². The van der Waals surface area contributed by atoms with Crippen LogP contribution in [0.3, 0.4) is 0 Å². The second kappa shape index (κ2) is 4.20. The van der Waals surface area contributed by atoms with Crippen LogP contribution in [-0.4, -0.2) is 35.4 Å². The maximum atomic E-state index is 12.3. The lowest BCUT2D eigenvalue weighted by Crippen LogP contribution is -2.36. The van der Waals surface area contributed by atoms with Gasteiger partial charge in [0.2, 0.25) is 0 Å². The molecule has 0 saturated carbocycles. The number of amides is 3. The molecular weight excluding hydrogens is 244 g/mol. The molecule has 0 bridgehead atoms. The summed E-state index contributed by atoms with van der Waals surface area (Å²) in [7, 11) is 1.54. The molecule has 2 aliphatic rings. The van der Waals surface area contributed by atoms with Crippen molar-refractivity contribution in [3.8, 4) is 0 Å². The largest absolute Gasteiger partial charge is 0.357 e. The Bertz CT molecular complexity index is 594. The predicted octanol–water partition coefficient (Wildman–Crippen LogP) is 1.97. The number of rotatable bonds is 2. The third-order valence-electron chi connectivity index (χ3n) is 3.49. The van der Waals surface area contributed by atoms with Crippen molar-refractivity contribution in [3.63, 3.8) is 0 Å². The summed E-state index contributed by atoms with van der Waals surface area (Å²) in [5, 5.41) is 0. The lowest BCUT2D eigenvalue weighted by atomic mass is 10.0. The van der Waals surface area contributed by atoms with Crippen molar-refractivity contribution in [1.29, 1.82) is 0 Å². The van der Waals surface area contributed by atoms with E-state index >= 15 is 0 Å². The quantitative estimate of drug-likeness (QED) is 0.762. The molecule has 0 aromatic heterocycles. The van der Waals surface area contributed by atoms with Gasteiger partial charge in [0.05, 0.1) is 0 Å². The van der Waals surface area contributed by atoms with Crippen LogP contribution >= 0.6 is 0 Å². The highest BCUT2D eigenvalue weighted by atomic mass is 16.5. The van der Waals surface area contributed by atoms with Crippen molar-refractivity contribution < 1.29 is 14.3 Å². The fourth-order valence-electron chi connectivity index (χ4n) is 2.58. The van der Waals surface area contributed by atoms with Crippen molar-refractivity contribution in [3.05, 3.63) is 41.1 Å². The highest BCUT2D eigenvalue weighted by Crippen LogP contribution is 2.39. The third-order valence-corrected chi connectivity index (χ3v) is 3.49. The zero-order valence-corrected chi connectivity index (χ0v) is 10.8. The molecule has 1 saturated heterocycles. The second-order valence-electron chi connectivity index (χ2n) is 4.45. The molecule has 2 aliphatic heterocycles. The van der Waals surface area contributed by atoms with Crippen molar-refractivity contribution in [2.75, 3.05) is 13.7 Å². The number of ether oxygens (including phenoxy) is 1. The highest BCUT2D eigenvalue weighted by molar-refractivity contribution is 6.14. The molecule has 0 aliphatic carbocycles. The van der Waals surface area contributed by atoms with E-state index in [4.69, 9.17) is 4.74 Å². The van der Waals surface area contributed by atoms with Gasteiger partial charge < -0.3 is 4.74 Å². The molecule has 98 valence electrons. The summed E-state index contributed by atoms with van der Waals surface area (Å²) in [5.74, 6) is -0.260. The third kappa shape index (κ3) is 1.51. The maximum absolute atomic E-state index is 12.3. The van der Waals surface area contributed by atoms with E-state index in [1.54, 1.807) is 13.0 Å². The van der Waals surface area contributed by atoms with E-state index in [0.717, 1.165) is 11.1 Å². The number of imide groups is 1. The van der Waals surface area contributed by atoms with Gasteiger partial charge in [-0.15, -0.1) is 0 Å². The fourth-order valence-corrected chi connectivity index (χ4v) is 2.58. The normalized spacial score (nSPS) is 21.4. The molecule has 1 fully saturated rings. The Morgan fingerprint density at radius 3 is 2.68 bits per heavy atom. The van der Waals surface area contributed by atoms with Crippen molar-refractivity contribution in [2.24, 2.45) is 0 Å². The Balaban J connectivity index is 2.17. The van der Waals surface area contributed by atoms with Crippen LogP contribution in [0.15, 0.2) is 30.0 Å². The van der Waals surface area contributed by atoms with Gasteiger partial charge in [0.25, 0.3) is 5.91 Å². The first kappa shape index (κ1) is 11.9. The van der Waals surface area contributed by atoms with Gasteiger partial charge in [0, 0.05) is 19.2 Å². The number of likely N-dealkylation sites (N-methyl/N-ethyl adjacent to an activating group) is 1. The lowest BCUT2D eigenvalue weighted by Gasteiger charge is -2.30. The van der Waals surface area contributed by atoms with Crippen LogP contribution in [0.2, 0.25) is 0 Å². The summed E-state index contributed by atoms with van der Waals surface area (Å²) < 4.78 is 5.43. The van der Waals surface area contributed by atoms with Gasteiger partial charge in [-0.3, -0.25) is 14.6 Å². The van der Waals surface area contributed by atoms with Crippen molar-refractivity contribution in [1.82, 2.24) is 9.80 Å². The molecule has 5 heteroatoms. The molecule has 1 unspecified atom stereocenters. The minimum absolute atomic E-state index is 0.260. The number of urea groups is 1. The van der Waals surface area contributed by atoms with Gasteiger partial charge in [-0.05, 0) is 18.6 Å². The number of carbonyl (C=O) groups is 2. The van der Waals surface area contributed by atoms with Crippen LogP contribution in [0.5, 0.6) is 0 Å². The van der Waals surface area contributed by atoms with Gasteiger partial charge in [0.15, 0.2) is 6.23 Å². The van der Waals surface area contributed by atoms with Crippen LogP contribution in [0.1, 0.15) is 24.3 Å². The number of methoxy groups -OCH3 is 1. The standard InChI is InChI=1S/C14H14N2O3/c1-3-15-12(17)11-8-9-6-4-5-7-10(9)13(19-2)16(11)14(15)18/h4-8,13H,3H2,1-2H3. The van der Waals surface area contributed by atoms with E-state index in [9.17, 15) is 9.59 Å². The number of benzene rings is 1. The Morgan fingerprint density at radius 1 is 1.26 bits per heavy atom. The molecule has 3 rings (SSSR count). The summed E-state index contributed by atoms with van der Waals surface area (Å²) in [6.45, 7) is 2.14. The number of hydrogen-bond donors (Lipinski definition) is 0. The second-order valence-corrected chi connectivity index (χ2v) is 4.45. The molecule has 0 N–H and O–H groups in total. The zero-order valence-electron chi connectivity index (χ0n) is 10.8. The van der Waals surface area contributed by atoms with Crippen LogP contribution in [0.4, 0.5) is 4.79 Å². The molecule has 0 radical (unpaired) electrons. The van der Waals surface area contributed by atoms with Crippen molar-refractivity contribution >= 4 is 18.0 Å². The van der Waals surface area contributed by atoms with Gasteiger partial charge in [-0.1, -0.05) is 24.3 Å². The molecule has 1 aromatic carbocycles. The number of fused-ring (bicyclic) bond motifs is 2. The smallest absolute Gasteiger partial charge is 0.334 e. The maximum Gasteiger partial charge on any atom is 0.334 e. The molecule has 2 heterocycles. The molecule has 1 atom stereocenters. The summed E-state index contributed by atoms with van der Waals surface area (Å²) >= 11 is 0. The average Bonchev–Trinajstić information content (AvgIpc) is 2.68. The molecule has 0 spiro atoms. The molecule has 3 amide bonds. The highest BCUT2D eigenvalue weighted by Gasteiger charge is 2.46. The Kier molecular flexibility index (Phi) is 2.64. The van der Waals surface area contributed by atoms with Gasteiger partial charge in [-0.25, -0.2) is 4.79 Å². The summed E-state index contributed by atoms with van der Waals surface area (Å²) in [6, 6.07) is 7.29. The number of carbonyl (C=O) groups excluding carboxylic acids is 2. The predicted molar refractivity (Wildman–Crippen MR) is 68.8 cm³/mol. The minimum atomic E-state index is -0.538. The Labute approximate surface area is 111 Å².